The Morgan fingerprint density at radius 2 is 1.86 bits per heavy atom. The lowest BCUT2D eigenvalue weighted by molar-refractivity contribution is 0.0445. The summed E-state index contributed by atoms with van der Waals surface area (Å²) in [5.74, 6) is 0.342. The minimum absolute atomic E-state index is 0.175. The molecule has 3 aromatic rings. The van der Waals surface area contributed by atoms with E-state index in [1.54, 1.807) is 0 Å². The zero-order chi connectivity index (χ0) is 15.4. The fourth-order valence-electron chi connectivity index (χ4n) is 2.19. The van der Waals surface area contributed by atoms with E-state index in [0.717, 1.165) is 22.2 Å². The Morgan fingerprint density at radius 1 is 1.09 bits per heavy atom. The Kier molecular flexibility index (Phi) is 4.05. The summed E-state index contributed by atoms with van der Waals surface area (Å²) < 4.78 is 10.8. The molecule has 0 saturated heterocycles. The van der Waals surface area contributed by atoms with Gasteiger partial charge in [0.25, 0.3) is 0 Å². The molecule has 1 heterocycles. The molecule has 0 amide bonds. The fourth-order valence-corrected chi connectivity index (χ4v) is 2.19. The van der Waals surface area contributed by atoms with Crippen molar-refractivity contribution < 1.29 is 14.3 Å². The van der Waals surface area contributed by atoms with Gasteiger partial charge in [-0.25, -0.2) is 4.79 Å². The number of carbonyl (C=O) groups is 1. The maximum Gasteiger partial charge on any atom is 0.359 e. The normalized spacial score (nSPS) is 10.6. The minimum Gasteiger partial charge on any atom is -0.490 e. The Labute approximate surface area is 127 Å². The van der Waals surface area contributed by atoms with E-state index >= 15 is 0 Å². The molecule has 0 atom stereocenters. The first-order valence-corrected chi connectivity index (χ1v) is 7.04. The molecule has 5 heteroatoms. The van der Waals surface area contributed by atoms with E-state index in [1.807, 2.05) is 55.5 Å². The Hall–Kier alpha value is -2.82. The molecule has 112 valence electrons. The van der Waals surface area contributed by atoms with Gasteiger partial charge in [0.05, 0.1) is 5.52 Å². The number of rotatable bonds is 5. The molecular formula is C17H16N2O3. The summed E-state index contributed by atoms with van der Waals surface area (Å²) in [4.78, 5) is 12.0. The summed E-state index contributed by atoms with van der Waals surface area (Å²) in [6, 6.07) is 15.1. The highest BCUT2D eigenvalue weighted by Gasteiger charge is 2.15. The van der Waals surface area contributed by atoms with Crippen LogP contribution in [0.5, 0.6) is 5.75 Å². The zero-order valence-electron chi connectivity index (χ0n) is 12.2. The Bertz CT molecular complexity index is 795. The van der Waals surface area contributed by atoms with Crippen LogP contribution >= 0.6 is 0 Å². The first kappa shape index (κ1) is 14.1. The third kappa shape index (κ3) is 2.93. The molecule has 1 N–H and O–H groups in total. The second kappa shape index (κ2) is 6.30. The number of carbonyl (C=O) groups excluding carboxylic acids is 1. The number of benzene rings is 2. The fraction of sp³-hybridized carbons (Fsp3) is 0.176. The lowest BCUT2D eigenvalue weighted by atomic mass is 10.2. The van der Waals surface area contributed by atoms with Crippen LogP contribution in [0.15, 0.2) is 48.5 Å². The Morgan fingerprint density at radius 3 is 2.73 bits per heavy atom. The maximum atomic E-state index is 12.0. The molecular weight excluding hydrogens is 280 g/mol. The van der Waals surface area contributed by atoms with Gasteiger partial charge in [0.2, 0.25) is 0 Å². The number of fused-ring (bicyclic) bond motifs is 1. The average Bonchev–Trinajstić information content (AvgIpc) is 2.97. The maximum absolute atomic E-state index is 12.0. The second-order valence-corrected chi connectivity index (χ2v) is 4.87. The first-order chi connectivity index (χ1) is 10.8. The molecule has 5 nitrogen and oxygen atoms in total. The van der Waals surface area contributed by atoms with Gasteiger partial charge in [0.1, 0.15) is 19.0 Å². The minimum atomic E-state index is -0.453. The first-order valence-electron chi connectivity index (χ1n) is 7.04. The lowest BCUT2D eigenvalue weighted by Crippen LogP contribution is -2.13. The molecule has 22 heavy (non-hydrogen) atoms. The van der Waals surface area contributed by atoms with Crippen LogP contribution in [0.4, 0.5) is 0 Å². The van der Waals surface area contributed by atoms with E-state index in [1.165, 1.54) is 0 Å². The monoisotopic (exact) mass is 296 g/mol. The van der Waals surface area contributed by atoms with Crippen molar-refractivity contribution in [1.82, 2.24) is 10.2 Å². The summed E-state index contributed by atoms with van der Waals surface area (Å²) in [5, 5.41) is 7.57. The molecule has 0 bridgehead atoms. The number of hydrogen-bond acceptors (Lipinski definition) is 4. The SMILES string of the molecule is Cc1ccccc1OCCOC(=O)c1n[nH]c2ccccc12. The zero-order valence-corrected chi connectivity index (χ0v) is 12.2. The quantitative estimate of drug-likeness (QED) is 0.580. The summed E-state index contributed by atoms with van der Waals surface area (Å²) >= 11 is 0. The van der Waals surface area contributed by atoms with Crippen molar-refractivity contribution in [3.63, 3.8) is 0 Å². The van der Waals surface area contributed by atoms with Gasteiger partial charge < -0.3 is 9.47 Å². The van der Waals surface area contributed by atoms with E-state index in [4.69, 9.17) is 9.47 Å². The number of aromatic amines is 1. The number of hydrogen-bond donors (Lipinski definition) is 1. The van der Waals surface area contributed by atoms with Gasteiger partial charge >= 0.3 is 5.97 Å². The molecule has 0 saturated carbocycles. The molecule has 0 radical (unpaired) electrons. The van der Waals surface area contributed by atoms with Gasteiger partial charge in [-0.15, -0.1) is 0 Å². The van der Waals surface area contributed by atoms with Crippen LogP contribution in [-0.4, -0.2) is 29.4 Å². The number of nitrogens with zero attached hydrogens (tertiary/aromatic N) is 1. The van der Waals surface area contributed by atoms with E-state index in [0.29, 0.717) is 12.3 Å². The number of para-hydroxylation sites is 2. The van der Waals surface area contributed by atoms with Gasteiger partial charge in [-0.3, -0.25) is 5.10 Å². The van der Waals surface area contributed by atoms with Crippen molar-refractivity contribution in [3.05, 3.63) is 59.8 Å². The Balaban J connectivity index is 1.56. The average molecular weight is 296 g/mol. The summed E-state index contributed by atoms with van der Waals surface area (Å²) in [5.41, 5.74) is 2.16. The van der Waals surface area contributed by atoms with Gasteiger partial charge in [-0.05, 0) is 24.6 Å². The number of aryl methyl sites for hydroxylation is 1. The van der Waals surface area contributed by atoms with Gasteiger partial charge in [0, 0.05) is 5.39 Å². The number of ether oxygens (including phenoxy) is 2. The lowest BCUT2D eigenvalue weighted by Gasteiger charge is -2.08. The summed E-state index contributed by atoms with van der Waals surface area (Å²) in [7, 11) is 0. The molecule has 2 aromatic carbocycles. The molecule has 0 aliphatic heterocycles. The molecule has 3 rings (SSSR count). The predicted octanol–water partition coefficient (Wildman–Crippen LogP) is 3.11. The van der Waals surface area contributed by atoms with Crippen LogP contribution in [0.1, 0.15) is 16.1 Å². The van der Waals surface area contributed by atoms with Crippen molar-refractivity contribution in [3.8, 4) is 5.75 Å². The molecule has 0 fully saturated rings. The summed E-state index contributed by atoms with van der Waals surface area (Å²) in [6.45, 7) is 2.45. The molecule has 0 aliphatic carbocycles. The van der Waals surface area contributed by atoms with Gasteiger partial charge in [-0.2, -0.15) is 5.10 Å². The third-order valence-electron chi connectivity index (χ3n) is 3.33. The van der Waals surface area contributed by atoms with Crippen LogP contribution in [0.3, 0.4) is 0 Å². The van der Waals surface area contributed by atoms with E-state index in [9.17, 15) is 4.79 Å². The highest BCUT2D eigenvalue weighted by atomic mass is 16.6. The standard InChI is InChI=1S/C17H16N2O3/c1-12-6-2-5-9-15(12)21-10-11-22-17(20)16-13-7-3-4-8-14(13)18-19-16/h2-9H,10-11H2,1H3,(H,18,19). The van der Waals surface area contributed by atoms with Crippen LogP contribution in [0, 0.1) is 6.92 Å². The van der Waals surface area contributed by atoms with Gasteiger partial charge in [-0.1, -0.05) is 36.4 Å². The van der Waals surface area contributed by atoms with Gasteiger partial charge in [0.15, 0.2) is 5.69 Å². The number of esters is 1. The molecule has 0 spiro atoms. The third-order valence-corrected chi connectivity index (χ3v) is 3.33. The van der Waals surface area contributed by atoms with E-state index in [-0.39, 0.29) is 6.61 Å². The highest BCUT2D eigenvalue weighted by Crippen LogP contribution is 2.17. The predicted molar refractivity (Wildman–Crippen MR) is 83.1 cm³/mol. The second-order valence-electron chi connectivity index (χ2n) is 4.87. The summed E-state index contributed by atoms with van der Waals surface area (Å²) in [6.07, 6.45) is 0. The van der Waals surface area contributed by atoms with Crippen LogP contribution in [0.25, 0.3) is 10.9 Å². The molecule has 0 aliphatic rings. The molecule has 1 aromatic heterocycles. The topological polar surface area (TPSA) is 64.2 Å². The van der Waals surface area contributed by atoms with Crippen LogP contribution in [0.2, 0.25) is 0 Å². The van der Waals surface area contributed by atoms with Crippen molar-refractivity contribution in [2.45, 2.75) is 6.92 Å². The largest absolute Gasteiger partial charge is 0.490 e. The smallest absolute Gasteiger partial charge is 0.359 e. The van der Waals surface area contributed by atoms with E-state index < -0.39 is 5.97 Å². The number of H-pyrrole nitrogens is 1. The van der Waals surface area contributed by atoms with Crippen molar-refractivity contribution in [2.24, 2.45) is 0 Å². The van der Waals surface area contributed by atoms with Crippen molar-refractivity contribution in [2.75, 3.05) is 13.2 Å². The van der Waals surface area contributed by atoms with Crippen molar-refractivity contribution in [1.29, 1.82) is 0 Å². The highest BCUT2D eigenvalue weighted by molar-refractivity contribution is 6.01. The molecule has 0 unspecified atom stereocenters. The number of aromatic nitrogens is 2. The van der Waals surface area contributed by atoms with E-state index in [2.05, 4.69) is 10.2 Å². The van der Waals surface area contributed by atoms with Crippen LogP contribution in [-0.2, 0) is 4.74 Å². The van der Waals surface area contributed by atoms with Crippen molar-refractivity contribution >= 4 is 16.9 Å². The number of nitrogens with one attached hydrogen (secondary N) is 1. The van der Waals surface area contributed by atoms with Crippen LogP contribution < -0.4 is 4.74 Å².